The van der Waals surface area contributed by atoms with Gasteiger partial charge >= 0.3 is 0 Å². The molecule has 1 amide bonds. The van der Waals surface area contributed by atoms with Crippen LogP contribution in [0.3, 0.4) is 0 Å². The fourth-order valence-corrected chi connectivity index (χ4v) is 3.17. The van der Waals surface area contributed by atoms with Crippen molar-refractivity contribution in [1.82, 2.24) is 14.9 Å². The van der Waals surface area contributed by atoms with Gasteiger partial charge in [0.25, 0.3) is 5.91 Å². The van der Waals surface area contributed by atoms with E-state index in [0.29, 0.717) is 48.3 Å². The minimum absolute atomic E-state index is 0.0617. The molecule has 1 aromatic carbocycles. The number of amides is 1. The van der Waals surface area contributed by atoms with E-state index in [1.807, 2.05) is 24.1 Å². The predicted octanol–water partition coefficient (Wildman–Crippen LogP) is 2.61. The van der Waals surface area contributed by atoms with Crippen LogP contribution in [0.15, 0.2) is 35.6 Å². The number of thioether (sulfide) groups is 1. The SMILES string of the molecule is CSc1ncc(C(=O)N2CCN(c3ccccc3F)CC2)c(C)n1. The molecule has 1 saturated heterocycles. The Morgan fingerprint density at radius 3 is 2.54 bits per heavy atom. The first kappa shape index (κ1) is 16.7. The molecule has 0 saturated carbocycles. The van der Waals surface area contributed by atoms with Crippen LogP contribution in [0.4, 0.5) is 10.1 Å². The fraction of sp³-hybridized carbons (Fsp3) is 0.353. The summed E-state index contributed by atoms with van der Waals surface area (Å²) in [6.45, 7) is 4.14. The second kappa shape index (κ2) is 7.17. The molecule has 1 aliphatic heterocycles. The number of rotatable bonds is 3. The molecule has 0 unspecified atom stereocenters. The number of carbonyl (C=O) groups is 1. The largest absolute Gasteiger partial charge is 0.366 e. The van der Waals surface area contributed by atoms with Crippen LogP contribution in [-0.2, 0) is 0 Å². The molecular formula is C17H19FN4OS. The summed E-state index contributed by atoms with van der Waals surface area (Å²) in [5.74, 6) is -0.289. The zero-order valence-electron chi connectivity index (χ0n) is 13.7. The lowest BCUT2D eigenvalue weighted by molar-refractivity contribution is 0.0744. The minimum atomic E-state index is -0.228. The van der Waals surface area contributed by atoms with E-state index < -0.39 is 0 Å². The summed E-state index contributed by atoms with van der Waals surface area (Å²) in [7, 11) is 0. The number of anilines is 1. The van der Waals surface area contributed by atoms with Crippen LogP contribution >= 0.6 is 11.8 Å². The van der Waals surface area contributed by atoms with Crippen molar-refractivity contribution in [2.75, 3.05) is 37.3 Å². The highest BCUT2D eigenvalue weighted by molar-refractivity contribution is 7.98. The van der Waals surface area contributed by atoms with Gasteiger partial charge in [0.15, 0.2) is 5.16 Å². The summed E-state index contributed by atoms with van der Waals surface area (Å²) in [4.78, 5) is 24.9. The van der Waals surface area contributed by atoms with Crippen LogP contribution in [0, 0.1) is 12.7 Å². The van der Waals surface area contributed by atoms with Crippen molar-refractivity contribution in [1.29, 1.82) is 0 Å². The number of para-hydroxylation sites is 1. The van der Waals surface area contributed by atoms with E-state index in [1.165, 1.54) is 17.8 Å². The zero-order valence-corrected chi connectivity index (χ0v) is 14.5. The monoisotopic (exact) mass is 346 g/mol. The fourth-order valence-electron chi connectivity index (χ4n) is 2.78. The lowest BCUT2D eigenvalue weighted by atomic mass is 10.2. The Labute approximate surface area is 144 Å². The Morgan fingerprint density at radius 1 is 1.21 bits per heavy atom. The Hall–Kier alpha value is -2.15. The Morgan fingerprint density at radius 2 is 1.92 bits per heavy atom. The number of piperazine rings is 1. The van der Waals surface area contributed by atoms with Crippen LogP contribution in [0.25, 0.3) is 0 Å². The molecular weight excluding hydrogens is 327 g/mol. The number of carbonyl (C=O) groups excluding carboxylic acids is 1. The highest BCUT2D eigenvalue weighted by Gasteiger charge is 2.25. The van der Waals surface area contributed by atoms with Crippen molar-refractivity contribution in [3.8, 4) is 0 Å². The summed E-state index contributed by atoms with van der Waals surface area (Å²) in [5, 5.41) is 0.661. The highest BCUT2D eigenvalue weighted by Crippen LogP contribution is 2.21. The number of benzene rings is 1. The molecule has 24 heavy (non-hydrogen) atoms. The molecule has 7 heteroatoms. The zero-order chi connectivity index (χ0) is 17.1. The van der Waals surface area contributed by atoms with Crippen molar-refractivity contribution >= 4 is 23.4 Å². The van der Waals surface area contributed by atoms with Gasteiger partial charge in [-0.15, -0.1) is 0 Å². The first-order valence-corrected chi connectivity index (χ1v) is 8.99. The maximum absolute atomic E-state index is 13.9. The molecule has 1 aromatic heterocycles. The summed E-state index contributed by atoms with van der Waals surface area (Å²) in [6.07, 6.45) is 3.50. The molecule has 0 radical (unpaired) electrons. The van der Waals surface area contributed by atoms with Crippen LogP contribution in [0.1, 0.15) is 16.1 Å². The van der Waals surface area contributed by atoms with Gasteiger partial charge in [0.1, 0.15) is 5.82 Å². The molecule has 0 spiro atoms. The number of halogens is 1. The number of nitrogens with zero attached hydrogens (tertiary/aromatic N) is 4. The molecule has 1 aliphatic rings. The highest BCUT2D eigenvalue weighted by atomic mass is 32.2. The molecule has 5 nitrogen and oxygen atoms in total. The van der Waals surface area contributed by atoms with E-state index in [2.05, 4.69) is 9.97 Å². The van der Waals surface area contributed by atoms with E-state index in [0.717, 1.165) is 0 Å². The second-order valence-corrected chi connectivity index (χ2v) is 6.36. The van der Waals surface area contributed by atoms with Gasteiger partial charge in [0, 0.05) is 32.4 Å². The Kier molecular flexibility index (Phi) is 4.99. The maximum atomic E-state index is 13.9. The second-order valence-electron chi connectivity index (χ2n) is 5.59. The van der Waals surface area contributed by atoms with E-state index in [-0.39, 0.29) is 11.7 Å². The van der Waals surface area contributed by atoms with Crippen LogP contribution in [0.2, 0.25) is 0 Å². The number of aromatic nitrogens is 2. The average Bonchev–Trinajstić information content (AvgIpc) is 2.61. The Balaban J connectivity index is 1.68. The molecule has 0 N–H and O–H groups in total. The van der Waals surface area contributed by atoms with Gasteiger partial charge in [0.05, 0.1) is 16.9 Å². The normalized spacial score (nSPS) is 14.8. The van der Waals surface area contributed by atoms with Crippen LogP contribution in [0.5, 0.6) is 0 Å². The van der Waals surface area contributed by atoms with E-state index >= 15 is 0 Å². The van der Waals surface area contributed by atoms with Gasteiger partial charge in [-0.3, -0.25) is 4.79 Å². The molecule has 0 aliphatic carbocycles. The van der Waals surface area contributed by atoms with Gasteiger partial charge in [-0.1, -0.05) is 23.9 Å². The minimum Gasteiger partial charge on any atom is -0.366 e. The predicted molar refractivity (Wildman–Crippen MR) is 93.1 cm³/mol. The van der Waals surface area contributed by atoms with Gasteiger partial charge < -0.3 is 9.80 Å². The molecule has 2 aromatic rings. The standard InChI is InChI=1S/C17H19FN4OS/c1-12-13(11-19-17(20-12)24-2)16(23)22-9-7-21(8-10-22)15-6-4-3-5-14(15)18/h3-6,11H,7-10H2,1-2H3. The molecule has 3 rings (SSSR count). The lowest BCUT2D eigenvalue weighted by Crippen LogP contribution is -2.49. The summed E-state index contributed by atoms with van der Waals surface area (Å²) < 4.78 is 13.9. The molecule has 2 heterocycles. The third-order valence-corrected chi connectivity index (χ3v) is 4.69. The average molecular weight is 346 g/mol. The van der Waals surface area contributed by atoms with Crippen molar-refractivity contribution in [2.45, 2.75) is 12.1 Å². The van der Waals surface area contributed by atoms with Gasteiger partial charge in [-0.05, 0) is 25.3 Å². The first-order chi connectivity index (χ1) is 11.6. The van der Waals surface area contributed by atoms with E-state index in [1.54, 1.807) is 23.2 Å². The number of aryl methyl sites for hydroxylation is 1. The van der Waals surface area contributed by atoms with Crippen LogP contribution in [-0.4, -0.2) is 53.2 Å². The van der Waals surface area contributed by atoms with Crippen molar-refractivity contribution in [2.24, 2.45) is 0 Å². The van der Waals surface area contributed by atoms with Gasteiger partial charge in [-0.2, -0.15) is 0 Å². The molecule has 126 valence electrons. The molecule has 1 fully saturated rings. The summed E-state index contributed by atoms with van der Waals surface area (Å²) >= 11 is 1.45. The van der Waals surface area contributed by atoms with Crippen molar-refractivity contribution in [3.05, 3.63) is 47.5 Å². The molecule has 0 atom stereocenters. The summed E-state index contributed by atoms with van der Waals surface area (Å²) in [6, 6.07) is 6.73. The topological polar surface area (TPSA) is 49.3 Å². The van der Waals surface area contributed by atoms with Crippen LogP contribution < -0.4 is 4.90 Å². The summed E-state index contributed by atoms with van der Waals surface area (Å²) in [5.41, 5.74) is 1.82. The lowest BCUT2D eigenvalue weighted by Gasteiger charge is -2.36. The van der Waals surface area contributed by atoms with Crippen molar-refractivity contribution < 1.29 is 9.18 Å². The van der Waals surface area contributed by atoms with Gasteiger partial charge in [0.2, 0.25) is 0 Å². The van der Waals surface area contributed by atoms with E-state index in [9.17, 15) is 9.18 Å². The smallest absolute Gasteiger partial charge is 0.257 e. The maximum Gasteiger partial charge on any atom is 0.257 e. The third kappa shape index (κ3) is 3.36. The van der Waals surface area contributed by atoms with E-state index in [4.69, 9.17) is 0 Å². The number of hydrogen-bond acceptors (Lipinski definition) is 5. The first-order valence-electron chi connectivity index (χ1n) is 7.76. The quantitative estimate of drug-likeness (QED) is 0.632. The third-order valence-electron chi connectivity index (χ3n) is 4.13. The van der Waals surface area contributed by atoms with Crippen molar-refractivity contribution in [3.63, 3.8) is 0 Å². The molecule has 0 bridgehead atoms. The van der Waals surface area contributed by atoms with Gasteiger partial charge in [-0.25, -0.2) is 14.4 Å². The Bertz CT molecular complexity index is 747. The number of hydrogen-bond donors (Lipinski definition) is 0.